The molecule has 2 rings (SSSR count). The van der Waals surface area contributed by atoms with Crippen LogP contribution in [0.15, 0.2) is 54.6 Å². The first kappa shape index (κ1) is 14.6. The van der Waals surface area contributed by atoms with Crippen molar-refractivity contribution in [2.75, 3.05) is 18.5 Å². The average molecular weight is 268 g/mol. The molecular formula is C18H24N2. The minimum atomic E-state index is 0.141. The molecule has 0 aliphatic heterocycles. The lowest BCUT2D eigenvalue weighted by Crippen LogP contribution is -2.20. The second-order valence-corrected chi connectivity index (χ2v) is 5.42. The predicted molar refractivity (Wildman–Crippen MR) is 87.1 cm³/mol. The van der Waals surface area contributed by atoms with Gasteiger partial charge in [-0.2, -0.15) is 0 Å². The van der Waals surface area contributed by atoms with Gasteiger partial charge in [-0.05, 0) is 37.5 Å². The van der Waals surface area contributed by atoms with Crippen molar-refractivity contribution in [2.45, 2.75) is 25.8 Å². The van der Waals surface area contributed by atoms with Gasteiger partial charge >= 0.3 is 0 Å². The Kier molecular flexibility index (Phi) is 5.19. The van der Waals surface area contributed by atoms with Crippen LogP contribution in [-0.4, -0.2) is 13.6 Å². The molecule has 0 spiro atoms. The summed E-state index contributed by atoms with van der Waals surface area (Å²) in [5.74, 6) is 0. The molecule has 20 heavy (non-hydrogen) atoms. The lowest BCUT2D eigenvalue weighted by molar-refractivity contribution is 0.609. The highest BCUT2D eigenvalue weighted by atomic mass is 15.1. The summed E-state index contributed by atoms with van der Waals surface area (Å²) in [6.07, 6.45) is 2.11. The number of hydrogen-bond acceptors (Lipinski definition) is 2. The maximum absolute atomic E-state index is 6.22. The fraction of sp³-hybridized carbons (Fsp3) is 0.333. The molecule has 1 atom stereocenters. The van der Waals surface area contributed by atoms with Crippen LogP contribution in [0.2, 0.25) is 0 Å². The van der Waals surface area contributed by atoms with Gasteiger partial charge < -0.3 is 10.6 Å². The lowest BCUT2D eigenvalue weighted by atomic mass is 10.0. The van der Waals surface area contributed by atoms with E-state index in [1.165, 1.54) is 16.8 Å². The van der Waals surface area contributed by atoms with E-state index in [1.807, 2.05) is 18.2 Å². The highest BCUT2D eigenvalue weighted by molar-refractivity contribution is 5.46. The zero-order valence-corrected chi connectivity index (χ0v) is 12.4. The summed E-state index contributed by atoms with van der Waals surface area (Å²) in [5, 5.41) is 0. The third-order valence-electron chi connectivity index (χ3n) is 3.71. The van der Waals surface area contributed by atoms with E-state index in [1.54, 1.807) is 0 Å². The van der Waals surface area contributed by atoms with Gasteiger partial charge in [-0.25, -0.2) is 0 Å². The quantitative estimate of drug-likeness (QED) is 0.860. The van der Waals surface area contributed by atoms with Crippen molar-refractivity contribution in [3.8, 4) is 0 Å². The molecule has 0 saturated heterocycles. The SMILES string of the molecule is Cc1ccc(N(C)CCCC(N)c2ccccc2)cc1. The Bertz CT molecular complexity index is 505. The van der Waals surface area contributed by atoms with Crippen molar-refractivity contribution in [3.63, 3.8) is 0 Å². The fourth-order valence-corrected chi connectivity index (χ4v) is 2.34. The van der Waals surface area contributed by atoms with E-state index in [9.17, 15) is 0 Å². The minimum Gasteiger partial charge on any atom is -0.375 e. The smallest absolute Gasteiger partial charge is 0.0363 e. The molecular weight excluding hydrogens is 244 g/mol. The molecule has 1 unspecified atom stereocenters. The lowest BCUT2D eigenvalue weighted by Gasteiger charge is -2.20. The van der Waals surface area contributed by atoms with Gasteiger partial charge in [0.25, 0.3) is 0 Å². The van der Waals surface area contributed by atoms with Gasteiger partial charge in [-0.3, -0.25) is 0 Å². The molecule has 0 aliphatic carbocycles. The number of aryl methyl sites for hydroxylation is 1. The Morgan fingerprint density at radius 1 is 1.00 bits per heavy atom. The summed E-state index contributed by atoms with van der Waals surface area (Å²) in [6.45, 7) is 3.15. The predicted octanol–water partition coefficient (Wildman–Crippen LogP) is 3.91. The van der Waals surface area contributed by atoms with Crippen LogP contribution in [0.5, 0.6) is 0 Å². The molecule has 0 amide bonds. The van der Waals surface area contributed by atoms with Crippen molar-refractivity contribution < 1.29 is 0 Å². The molecule has 2 aromatic carbocycles. The summed E-state index contributed by atoms with van der Waals surface area (Å²) < 4.78 is 0. The number of benzene rings is 2. The standard InChI is InChI=1S/C18H24N2/c1-15-10-12-17(13-11-15)20(2)14-6-9-18(19)16-7-4-3-5-8-16/h3-5,7-8,10-13,18H,6,9,14,19H2,1-2H3. The van der Waals surface area contributed by atoms with Crippen LogP contribution in [0.4, 0.5) is 5.69 Å². The van der Waals surface area contributed by atoms with Gasteiger partial charge in [0.2, 0.25) is 0 Å². The van der Waals surface area contributed by atoms with Gasteiger partial charge in [-0.1, -0.05) is 48.0 Å². The molecule has 106 valence electrons. The van der Waals surface area contributed by atoms with Crippen LogP contribution in [0.3, 0.4) is 0 Å². The van der Waals surface area contributed by atoms with Crippen molar-refractivity contribution in [2.24, 2.45) is 5.73 Å². The molecule has 0 saturated carbocycles. The molecule has 0 radical (unpaired) electrons. The van der Waals surface area contributed by atoms with Gasteiger partial charge in [0.1, 0.15) is 0 Å². The first-order valence-electron chi connectivity index (χ1n) is 7.25. The Morgan fingerprint density at radius 2 is 1.65 bits per heavy atom. The Hall–Kier alpha value is -1.80. The van der Waals surface area contributed by atoms with Gasteiger partial charge in [0.05, 0.1) is 0 Å². The third-order valence-corrected chi connectivity index (χ3v) is 3.71. The number of rotatable bonds is 6. The van der Waals surface area contributed by atoms with Crippen LogP contribution in [0.25, 0.3) is 0 Å². The normalized spacial score (nSPS) is 12.2. The highest BCUT2D eigenvalue weighted by Crippen LogP contribution is 2.17. The maximum atomic E-state index is 6.22. The number of nitrogens with two attached hydrogens (primary N) is 1. The zero-order chi connectivity index (χ0) is 14.4. The van der Waals surface area contributed by atoms with Crippen LogP contribution in [0.1, 0.15) is 30.0 Å². The molecule has 0 aromatic heterocycles. The summed E-state index contributed by atoms with van der Waals surface area (Å²) in [5.41, 5.74) is 10.0. The molecule has 0 heterocycles. The van der Waals surface area contributed by atoms with Crippen LogP contribution < -0.4 is 10.6 Å². The van der Waals surface area contributed by atoms with Crippen molar-refractivity contribution >= 4 is 5.69 Å². The van der Waals surface area contributed by atoms with E-state index in [-0.39, 0.29) is 6.04 Å². The van der Waals surface area contributed by atoms with Crippen LogP contribution >= 0.6 is 0 Å². The molecule has 0 aliphatic rings. The van der Waals surface area contributed by atoms with Gasteiger partial charge in [0, 0.05) is 25.3 Å². The number of anilines is 1. The third kappa shape index (κ3) is 4.10. The number of hydrogen-bond donors (Lipinski definition) is 1. The summed E-state index contributed by atoms with van der Waals surface area (Å²) in [7, 11) is 2.14. The summed E-state index contributed by atoms with van der Waals surface area (Å²) >= 11 is 0. The zero-order valence-electron chi connectivity index (χ0n) is 12.4. The average Bonchev–Trinajstić information content (AvgIpc) is 2.48. The van der Waals surface area contributed by atoms with Gasteiger partial charge in [0.15, 0.2) is 0 Å². The molecule has 2 N–H and O–H groups in total. The van der Waals surface area contributed by atoms with E-state index in [2.05, 4.69) is 55.3 Å². The minimum absolute atomic E-state index is 0.141. The van der Waals surface area contributed by atoms with E-state index < -0.39 is 0 Å². The molecule has 0 fully saturated rings. The van der Waals surface area contributed by atoms with Crippen LogP contribution in [-0.2, 0) is 0 Å². The second-order valence-electron chi connectivity index (χ2n) is 5.42. The summed E-state index contributed by atoms with van der Waals surface area (Å²) in [4.78, 5) is 2.29. The van der Waals surface area contributed by atoms with Crippen molar-refractivity contribution in [1.29, 1.82) is 0 Å². The monoisotopic (exact) mass is 268 g/mol. The molecule has 2 aromatic rings. The largest absolute Gasteiger partial charge is 0.375 e. The highest BCUT2D eigenvalue weighted by Gasteiger charge is 2.06. The van der Waals surface area contributed by atoms with Gasteiger partial charge in [-0.15, -0.1) is 0 Å². The second kappa shape index (κ2) is 7.11. The maximum Gasteiger partial charge on any atom is 0.0363 e. The topological polar surface area (TPSA) is 29.3 Å². The van der Waals surface area contributed by atoms with E-state index in [0.717, 1.165) is 19.4 Å². The van der Waals surface area contributed by atoms with Crippen LogP contribution in [0, 0.1) is 6.92 Å². The van der Waals surface area contributed by atoms with E-state index in [0.29, 0.717) is 0 Å². The molecule has 2 heteroatoms. The molecule has 2 nitrogen and oxygen atoms in total. The van der Waals surface area contributed by atoms with Crippen molar-refractivity contribution in [3.05, 3.63) is 65.7 Å². The molecule has 0 bridgehead atoms. The van der Waals surface area contributed by atoms with E-state index >= 15 is 0 Å². The number of nitrogens with zero attached hydrogens (tertiary/aromatic N) is 1. The Morgan fingerprint density at radius 3 is 2.30 bits per heavy atom. The fourth-order valence-electron chi connectivity index (χ4n) is 2.34. The Balaban J connectivity index is 1.79. The summed E-state index contributed by atoms with van der Waals surface area (Å²) in [6, 6.07) is 19.1. The first-order valence-corrected chi connectivity index (χ1v) is 7.25. The Labute approximate surface area is 122 Å². The first-order chi connectivity index (χ1) is 9.66. The van der Waals surface area contributed by atoms with E-state index in [4.69, 9.17) is 5.73 Å². The van der Waals surface area contributed by atoms with Crippen molar-refractivity contribution in [1.82, 2.24) is 0 Å².